The topological polar surface area (TPSA) is 91.9 Å². The Morgan fingerprint density at radius 3 is 2.76 bits per heavy atom. The van der Waals surface area contributed by atoms with E-state index in [0.29, 0.717) is 24.6 Å². The highest BCUT2D eigenvalue weighted by Crippen LogP contribution is 2.30. The molecule has 0 saturated carbocycles. The maximum Gasteiger partial charge on any atom is 0.268 e. The highest BCUT2D eigenvalue weighted by molar-refractivity contribution is 7.18. The molecule has 3 N–H and O–H groups in total. The number of ether oxygens (including phenoxy) is 1. The third-order valence-corrected chi connectivity index (χ3v) is 4.46. The molecule has 0 unspecified atom stereocenters. The van der Waals surface area contributed by atoms with Crippen molar-refractivity contribution < 1.29 is 14.6 Å². The molecule has 1 amide bonds. The molecule has 2 heterocycles. The summed E-state index contributed by atoms with van der Waals surface area (Å²) in [5.74, 6) is 0.0867. The van der Waals surface area contributed by atoms with Crippen molar-refractivity contribution in [3.05, 3.63) is 4.88 Å². The van der Waals surface area contributed by atoms with Gasteiger partial charge in [0.15, 0.2) is 5.13 Å². The quantitative estimate of drug-likeness (QED) is 0.817. The van der Waals surface area contributed by atoms with Crippen molar-refractivity contribution in [2.24, 2.45) is 0 Å². The Hall–Kier alpha value is -1.38. The van der Waals surface area contributed by atoms with Crippen molar-refractivity contribution in [1.29, 1.82) is 0 Å². The van der Waals surface area contributed by atoms with Crippen LogP contribution in [0.2, 0.25) is 0 Å². The Bertz CT molecular complexity index is 486. The summed E-state index contributed by atoms with van der Waals surface area (Å²) in [6.45, 7) is 6.87. The fourth-order valence-corrected chi connectivity index (χ4v) is 3.19. The molecule has 1 aromatic heterocycles. The summed E-state index contributed by atoms with van der Waals surface area (Å²) in [5.41, 5.74) is 5.91. The molecule has 0 aliphatic carbocycles. The van der Waals surface area contributed by atoms with Crippen molar-refractivity contribution in [1.82, 2.24) is 9.88 Å². The van der Waals surface area contributed by atoms with Gasteiger partial charge in [-0.15, -0.1) is 0 Å². The van der Waals surface area contributed by atoms with E-state index in [1.165, 1.54) is 11.3 Å². The number of hydrogen-bond donors (Lipinski definition) is 2. The molecular formula is C13H22N4O3S. The fraction of sp³-hybridized carbons (Fsp3) is 0.692. The molecular weight excluding hydrogens is 292 g/mol. The second kappa shape index (κ2) is 7.06. The Kier molecular flexibility index (Phi) is 5.38. The summed E-state index contributed by atoms with van der Waals surface area (Å²) in [7, 11) is 0. The minimum atomic E-state index is -0.173. The normalized spacial score (nSPS) is 15.5. The molecule has 8 heteroatoms. The zero-order valence-electron chi connectivity index (χ0n) is 12.4. The van der Waals surface area contributed by atoms with Gasteiger partial charge in [0.25, 0.3) is 5.91 Å². The van der Waals surface area contributed by atoms with Crippen LogP contribution in [0, 0.1) is 0 Å². The smallest absolute Gasteiger partial charge is 0.268 e. The van der Waals surface area contributed by atoms with E-state index in [1.807, 2.05) is 13.8 Å². The van der Waals surface area contributed by atoms with Crippen LogP contribution in [0.4, 0.5) is 10.9 Å². The first-order chi connectivity index (χ1) is 10.0. The molecule has 118 valence electrons. The second-order valence-corrected chi connectivity index (χ2v) is 6.10. The van der Waals surface area contributed by atoms with E-state index in [-0.39, 0.29) is 24.4 Å². The minimum Gasteiger partial charge on any atom is -0.395 e. The van der Waals surface area contributed by atoms with E-state index in [9.17, 15) is 4.79 Å². The lowest BCUT2D eigenvalue weighted by Crippen LogP contribution is -2.38. The molecule has 0 bridgehead atoms. The van der Waals surface area contributed by atoms with E-state index < -0.39 is 0 Å². The number of aliphatic hydroxyl groups is 1. The van der Waals surface area contributed by atoms with Crippen LogP contribution < -0.4 is 10.6 Å². The first kappa shape index (κ1) is 16.0. The van der Waals surface area contributed by atoms with Crippen LogP contribution >= 0.6 is 11.3 Å². The number of thiazole rings is 1. The first-order valence-corrected chi connectivity index (χ1v) is 7.87. The van der Waals surface area contributed by atoms with Crippen molar-refractivity contribution in [3.8, 4) is 0 Å². The number of aromatic nitrogens is 1. The number of morpholine rings is 1. The van der Waals surface area contributed by atoms with Crippen LogP contribution in [0.1, 0.15) is 23.5 Å². The summed E-state index contributed by atoms with van der Waals surface area (Å²) in [5, 5.41) is 9.86. The summed E-state index contributed by atoms with van der Waals surface area (Å²) in [4.78, 5) is 21.0. The molecule has 1 aliphatic rings. The highest BCUT2D eigenvalue weighted by Gasteiger charge is 2.25. The van der Waals surface area contributed by atoms with Crippen molar-refractivity contribution >= 4 is 28.2 Å². The number of nitrogens with two attached hydrogens (primary N) is 1. The number of rotatable bonds is 5. The number of nitrogens with zero attached hydrogens (tertiary/aromatic N) is 3. The number of aliphatic hydroxyl groups excluding tert-OH is 1. The van der Waals surface area contributed by atoms with Gasteiger partial charge in [0.05, 0.1) is 19.8 Å². The van der Waals surface area contributed by atoms with Gasteiger partial charge in [-0.1, -0.05) is 11.3 Å². The van der Waals surface area contributed by atoms with Gasteiger partial charge >= 0.3 is 0 Å². The number of anilines is 2. The summed E-state index contributed by atoms with van der Waals surface area (Å²) in [6.07, 6.45) is 0. The third-order valence-electron chi connectivity index (χ3n) is 3.34. The van der Waals surface area contributed by atoms with Crippen LogP contribution in [-0.2, 0) is 4.74 Å². The van der Waals surface area contributed by atoms with Gasteiger partial charge in [-0.2, -0.15) is 0 Å². The second-order valence-electron chi connectivity index (χ2n) is 5.13. The van der Waals surface area contributed by atoms with Gasteiger partial charge in [-0.05, 0) is 13.8 Å². The van der Waals surface area contributed by atoms with Crippen LogP contribution in [0.15, 0.2) is 0 Å². The molecule has 0 spiro atoms. The van der Waals surface area contributed by atoms with E-state index >= 15 is 0 Å². The predicted molar refractivity (Wildman–Crippen MR) is 82.8 cm³/mol. The molecule has 1 saturated heterocycles. The first-order valence-electron chi connectivity index (χ1n) is 7.05. The van der Waals surface area contributed by atoms with Gasteiger partial charge in [-0.25, -0.2) is 4.98 Å². The zero-order valence-corrected chi connectivity index (χ0v) is 13.2. The lowest BCUT2D eigenvalue weighted by molar-refractivity contribution is 0.0671. The molecule has 1 fully saturated rings. The monoisotopic (exact) mass is 314 g/mol. The van der Waals surface area contributed by atoms with Gasteiger partial charge < -0.3 is 25.4 Å². The molecule has 2 rings (SSSR count). The number of hydrogen-bond acceptors (Lipinski definition) is 7. The van der Waals surface area contributed by atoms with Crippen LogP contribution in [-0.4, -0.2) is 66.4 Å². The van der Waals surface area contributed by atoms with Crippen molar-refractivity contribution in [2.45, 2.75) is 19.9 Å². The van der Waals surface area contributed by atoms with Crippen molar-refractivity contribution in [3.63, 3.8) is 0 Å². The number of amides is 1. The lowest BCUT2D eigenvalue weighted by Gasteiger charge is -2.26. The predicted octanol–water partition coefficient (Wildman–Crippen LogP) is 0.405. The maximum absolute atomic E-state index is 12.6. The van der Waals surface area contributed by atoms with E-state index in [2.05, 4.69) is 9.88 Å². The number of nitrogen functional groups attached to an aromatic ring is 1. The Morgan fingerprint density at radius 1 is 1.52 bits per heavy atom. The van der Waals surface area contributed by atoms with Gasteiger partial charge in [-0.3, -0.25) is 4.79 Å². The molecule has 1 aromatic rings. The van der Waals surface area contributed by atoms with E-state index in [1.54, 1.807) is 4.90 Å². The fourth-order valence-electron chi connectivity index (χ4n) is 2.20. The summed E-state index contributed by atoms with van der Waals surface area (Å²) >= 11 is 1.31. The average Bonchev–Trinajstić information content (AvgIpc) is 2.87. The Balaban J connectivity index is 2.19. The molecule has 0 aromatic carbocycles. The minimum absolute atomic E-state index is 0.00186. The van der Waals surface area contributed by atoms with Crippen molar-refractivity contribution in [2.75, 3.05) is 50.1 Å². The highest BCUT2D eigenvalue weighted by atomic mass is 32.1. The average molecular weight is 314 g/mol. The van der Waals surface area contributed by atoms with Crippen LogP contribution in [0.3, 0.4) is 0 Å². The molecule has 21 heavy (non-hydrogen) atoms. The zero-order chi connectivity index (χ0) is 15.4. The van der Waals surface area contributed by atoms with Gasteiger partial charge in [0.1, 0.15) is 10.7 Å². The molecule has 7 nitrogen and oxygen atoms in total. The molecule has 0 atom stereocenters. The molecule has 1 aliphatic heterocycles. The number of carbonyl (C=O) groups excluding carboxylic acids is 1. The summed E-state index contributed by atoms with van der Waals surface area (Å²) < 4.78 is 5.31. The molecule has 0 radical (unpaired) electrons. The third kappa shape index (κ3) is 3.63. The SMILES string of the molecule is CC(C)N(CCO)C(=O)c1sc(N2CCOCC2)nc1N. The largest absolute Gasteiger partial charge is 0.395 e. The number of carbonyl (C=O) groups is 1. The van der Waals surface area contributed by atoms with Crippen LogP contribution in [0.25, 0.3) is 0 Å². The van der Waals surface area contributed by atoms with E-state index in [0.717, 1.165) is 18.2 Å². The maximum atomic E-state index is 12.6. The van der Waals surface area contributed by atoms with E-state index in [4.69, 9.17) is 15.6 Å². The Labute approximate surface area is 128 Å². The Morgan fingerprint density at radius 2 is 2.19 bits per heavy atom. The standard InChI is InChI=1S/C13H22N4O3S/c1-9(2)17(3-6-18)12(19)10-11(14)15-13(21-10)16-4-7-20-8-5-16/h9,18H,3-8,14H2,1-2H3. The summed E-state index contributed by atoms with van der Waals surface area (Å²) in [6, 6.07) is -0.00186. The van der Waals surface area contributed by atoms with Gasteiger partial charge in [0.2, 0.25) is 0 Å². The van der Waals surface area contributed by atoms with Crippen LogP contribution in [0.5, 0.6) is 0 Å². The lowest BCUT2D eigenvalue weighted by atomic mass is 10.3. The van der Waals surface area contributed by atoms with Gasteiger partial charge in [0, 0.05) is 25.7 Å².